The fourth-order valence-corrected chi connectivity index (χ4v) is 2.63. The maximum absolute atomic E-state index is 12.4. The second-order valence-corrected chi connectivity index (χ2v) is 6.18. The molecule has 3 aromatic rings. The van der Waals surface area contributed by atoms with Gasteiger partial charge in [-0.1, -0.05) is 41.9 Å². The topological polar surface area (TPSA) is 71.5 Å². The van der Waals surface area contributed by atoms with E-state index in [1.807, 2.05) is 6.07 Å². The van der Waals surface area contributed by atoms with Gasteiger partial charge in [-0.05, 0) is 23.8 Å². The predicted octanol–water partition coefficient (Wildman–Crippen LogP) is 0.776. The molecule has 3 rings (SSSR count). The zero-order valence-electron chi connectivity index (χ0n) is 15.1. The Morgan fingerprint density at radius 3 is 2.34 bits per heavy atom. The van der Waals surface area contributed by atoms with E-state index in [1.165, 1.54) is 18.2 Å². The zero-order chi connectivity index (χ0) is 20.3. The average molecular weight is 434 g/mol. The number of benzene rings is 2. The van der Waals surface area contributed by atoms with Gasteiger partial charge in [-0.2, -0.15) is 13.2 Å². The molecule has 0 radical (unpaired) electrons. The Labute approximate surface area is 190 Å². The summed E-state index contributed by atoms with van der Waals surface area (Å²) in [6.07, 6.45) is -4.53. The minimum absolute atomic E-state index is 0. The normalized spacial score (nSPS) is 11.0. The Bertz CT molecular complexity index is 1020. The van der Waals surface area contributed by atoms with Crippen LogP contribution in [0.2, 0.25) is 5.02 Å². The van der Waals surface area contributed by atoms with Gasteiger partial charge in [-0.15, -0.1) is 0 Å². The first kappa shape index (κ1) is 23.3. The zero-order valence-corrected chi connectivity index (χ0v) is 17.9. The van der Waals surface area contributed by atoms with E-state index in [1.54, 1.807) is 24.3 Å². The standard InChI is InChI=1S/C19H13ClF3NO4.Na/c20-13-8-14-12(6-15(13)28-10-19(21,22)23)7-16(17(24-14)18(25)26)27-9-11-4-2-1-3-5-11;/h1-8H,9-10H2,(H,25,26);/q;+1/p-1. The summed E-state index contributed by atoms with van der Waals surface area (Å²) in [5.74, 6) is -1.84. The fraction of sp³-hybridized carbons (Fsp3) is 0.158. The van der Waals surface area contributed by atoms with Gasteiger partial charge in [0.05, 0.1) is 16.5 Å². The molecule has 10 heteroatoms. The molecule has 29 heavy (non-hydrogen) atoms. The number of fused-ring (bicyclic) bond motifs is 1. The van der Waals surface area contributed by atoms with Crippen LogP contribution in [-0.2, 0) is 6.61 Å². The molecule has 0 saturated carbocycles. The molecule has 0 unspecified atom stereocenters. The second-order valence-electron chi connectivity index (χ2n) is 5.78. The molecule has 5 nitrogen and oxygen atoms in total. The second kappa shape index (κ2) is 9.67. The fourth-order valence-electron chi connectivity index (χ4n) is 2.42. The van der Waals surface area contributed by atoms with Crippen molar-refractivity contribution in [2.24, 2.45) is 0 Å². The third-order valence-corrected chi connectivity index (χ3v) is 3.95. The summed E-state index contributed by atoms with van der Waals surface area (Å²) < 4.78 is 47.4. The van der Waals surface area contributed by atoms with Gasteiger partial charge in [0.2, 0.25) is 0 Å². The number of carboxylic acid groups (broad SMARTS) is 1. The Morgan fingerprint density at radius 2 is 1.72 bits per heavy atom. The van der Waals surface area contributed by atoms with Gasteiger partial charge in [0.1, 0.15) is 23.8 Å². The summed E-state index contributed by atoms with van der Waals surface area (Å²) in [4.78, 5) is 15.4. The van der Waals surface area contributed by atoms with Gasteiger partial charge < -0.3 is 19.4 Å². The summed E-state index contributed by atoms with van der Waals surface area (Å²) in [7, 11) is 0. The number of aromatic carboxylic acids is 1. The monoisotopic (exact) mass is 433 g/mol. The van der Waals surface area contributed by atoms with Crippen molar-refractivity contribution in [2.45, 2.75) is 12.8 Å². The van der Waals surface area contributed by atoms with E-state index in [4.69, 9.17) is 21.1 Å². The van der Waals surface area contributed by atoms with Crippen LogP contribution in [0.25, 0.3) is 10.9 Å². The minimum atomic E-state index is -4.53. The molecule has 146 valence electrons. The third kappa shape index (κ3) is 6.24. The van der Waals surface area contributed by atoms with Crippen molar-refractivity contribution in [3.8, 4) is 11.5 Å². The molecular weight excluding hydrogens is 422 g/mol. The summed E-state index contributed by atoms with van der Waals surface area (Å²) >= 11 is 5.92. The van der Waals surface area contributed by atoms with Crippen LogP contribution < -0.4 is 44.1 Å². The molecule has 0 aliphatic carbocycles. The Kier molecular flexibility index (Phi) is 7.76. The van der Waals surface area contributed by atoms with Gasteiger partial charge in [0.25, 0.3) is 0 Å². The third-order valence-electron chi connectivity index (χ3n) is 3.66. The SMILES string of the molecule is O=C([O-])c1nc2cc(Cl)c(OCC(F)(F)F)cc2cc1OCc1ccccc1.[Na+]. The van der Waals surface area contributed by atoms with Crippen molar-refractivity contribution >= 4 is 28.5 Å². The molecule has 1 aromatic heterocycles. The van der Waals surface area contributed by atoms with Gasteiger partial charge >= 0.3 is 35.7 Å². The molecule has 0 atom stereocenters. The summed E-state index contributed by atoms with van der Waals surface area (Å²) in [6, 6.07) is 12.8. The first-order chi connectivity index (χ1) is 13.2. The number of carbonyl (C=O) groups excluding carboxylic acids is 1. The number of pyridine rings is 1. The number of rotatable bonds is 6. The minimum Gasteiger partial charge on any atom is -0.543 e. The van der Waals surface area contributed by atoms with E-state index in [2.05, 4.69) is 4.98 Å². The van der Waals surface area contributed by atoms with Crippen LogP contribution in [0.3, 0.4) is 0 Å². The van der Waals surface area contributed by atoms with E-state index in [0.29, 0.717) is 5.39 Å². The van der Waals surface area contributed by atoms with E-state index in [-0.39, 0.29) is 58.2 Å². The summed E-state index contributed by atoms with van der Waals surface area (Å²) in [6.45, 7) is -1.44. The van der Waals surface area contributed by atoms with Crippen LogP contribution in [0.1, 0.15) is 16.1 Å². The molecule has 0 spiro atoms. The van der Waals surface area contributed by atoms with Crippen LogP contribution in [0.4, 0.5) is 13.2 Å². The first-order valence-electron chi connectivity index (χ1n) is 7.95. The molecule has 0 aliphatic rings. The van der Waals surface area contributed by atoms with E-state index in [0.717, 1.165) is 5.56 Å². The number of hydrogen-bond donors (Lipinski definition) is 0. The van der Waals surface area contributed by atoms with Crippen molar-refractivity contribution in [1.29, 1.82) is 0 Å². The molecule has 0 fully saturated rings. The Balaban J connectivity index is 0.00000300. The smallest absolute Gasteiger partial charge is 0.543 e. The molecule has 2 aromatic carbocycles. The van der Waals surface area contributed by atoms with Gasteiger partial charge in [-0.25, -0.2) is 4.98 Å². The molecule has 0 saturated heterocycles. The van der Waals surface area contributed by atoms with Gasteiger partial charge in [0, 0.05) is 5.39 Å². The van der Waals surface area contributed by atoms with Crippen LogP contribution in [0.5, 0.6) is 11.5 Å². The Morgan fingerprint density at radius 1 is 1.07 bits per heavy atom. The number of aromatic nitrogens is 1. The van der Waals surface area contributed by atoms with Gasteiger partial charge in [0.15, 0.2) is 6.61 Å². The predicted molar refractivity (Wildman–Crippen MR) is 93.4 cm³/mol. The van der Waals surface area contributed by atoms with E-state index < -0.39 is 24.4 Å². The molecular formula is C19H12ClF3NNaO4. The maximum Gasteiger partial charge on any atom is 1.00 e. The largest absolute Gasteiger partial charge is 1.00 e. The van der Waals surface area contributed by atoms with Crippen LogP contribution in [-0.4, -0.2) is 23.7 Å². The van der Waals surface area contributed by atoms with Crippen LogP contribution >= 0.6 is 11.6 Å². The number of carboxylic acids is 1. The van der Waals surface area contributed by atoms with Crippen molar-refractivity contribution in [3.05, 3.63) is 64.8 Å². The van der Waals surface area contributed by atoms with Gasteiger partial charge in [-0.3, -0.25) is 0 Å². The van der Waals surface area contributed by atoms with Crippen molar-refractivity contribution in [3.63, 3.8) is 0 Å². The average Bonchev–Trinajstić information content (AvgIpc) is 2.64. The molecule has 1 heterocycles. The molecule has 0 aliphatic heterocycles. The van der Waals surface area contributed by atoms with E-state index >= 15 is 0 Å². The van der Waals surface area contributed by atoms with E-state index in [9.17, 15) is 23.1 Å². The quantitative estimate of drug-likeness (QED) is 0.537. The maximum atomic E-state index is 12.4. The number of hydrogen-bond acceptors (Lipinski definition) is 5. The molecule has 0 N–H and O–H groups in total. The number of nitrogens with zero attached hydrogens (tertiary/aromatic N) is 1. The number of halogens is 4. The number of carbonyl (C=O) groups is 1. The summed E-state index contributed by atoms with van der Waals surface area (Å²) in [5, 5.41) is 11.6. The number of alkyl halides is 3. The molecule has 0 bridgehead atoms. The van der Waals surface area contributed by atoms with Crippen LogP contribution in [0.15, 0.2) is 48.5 Å². The van der Waals surface area contributed by atoms with Crippen molar-refractivity contribution in [2.75, 3.05) is 6.61 Å². The molecule has 0 amide bonds. The number of ether oxygens (including phenoxy) is 2. The van der Waals surface area contributed by atoms with Crippen molar-refractivity contribution in [1.82, 2.24) is 4.98 Å². The summed E-state index contributed by atoms with van der Waals surface area (Å²) in [5.41, 5.74) is 0.497. The first-order valence-corrected chi connectivity index (χ1v) is 8.32. The Hall–Kier alpha value is -2.00. The van der Waals surface area contributed by atoms with Crippen molar-refractivity contribution < 1.29 is 62.1 Å². The van der Waals surface area contributed by atoms with Crippen LogP contribution in [0, 0.1) is 0 Å².